The minimum absolute atomic E-state index is 0.0635. The molecule has 2 aromatic carbocycles. The highest BCUT2D eigenvalue weighted by Gasteiger charge is 2.33. The molecule has 9 nitrogen and oxygen atoms in total. The van der Waals surface area contributed by atoms with Crippen molar-refractivity contribution in [1.82, 2.24) is 4.31 Å². The standard InChI is InChI=1S/C22H28N4O5S/c1-4-24(3)19-7-5-6-18(14-19)23-22(27)17-10-12-25(13-11-17)32(30,31)21-15-20(26(28)29)9-8-16(21)2/h5-9,14-15,17H,4,10-13H2,1-3H3,(H,23,27). The first kappa shape index (κ1) is 23.7. The van der Waals surface area contributed by atoms with E-state index in [-0.39, 0.29) is 35.5 Å². The van der Waals surface area contributed by atoms with Crippen molar-refractivity contribution in [1.29, 1.82) is 0 Å². The summed E-state index contributed by atoms with van der Waals surface area (Å²) in [5.74, 6) is -0.440. The molecular weight excluding hydrogens is 432 g/mol. The van der Waals surface area contributed by atoms with Gasteiger partial charge in [0.25, 0.3) is 5.69 Å². The molecule has 1 N–H and O–H groups in total. The second-order valence-electron chi connectivity index (χ2n) is 7.94. The number of amides is 1. The van der Waals surface area contributed by atoms with E-state index in [4.69, 9.17) is 0 Å². The summed E-state index contributed by atoms with van der Waals surface area (Å²) in [5, 5.41) is 14.0. The van der Waals surface area contributed by atoms with Crippen LogP contribution in [0, 0.1) is 23.0 Å². The Morgan fingerprint density at radius 3 is 2.53 bits per heavy atom. The minimum atomic E-state index is -3.88. The number of nitro groups is 1. The van der Waals surface area contributed by atoms with Crippen molar-refractivity contribution in [3.8, 4) is 0 Å². The zero-order chi connectivity index (χ0) is 23.5. The topological polar surface area (TPSA) is 113 Å². The summed E-state index contributed by atoms with van der Waals surface area (Å²) in [5.41, 5.74) is 1.89. The first-order valence-electron chi connectivity index (χ1n) is 10.5. The molecule has 0 aromatic heterocycles. The van der Waals surface area contributed by atoms with Crippen LogP contribution in [0.1, 0.15) is 25.3 Å². The Bertz CT molecular complexity index is 1110. The van der Waals surface area contributed by atoms with Crippen LogP contribution in [0.25, 0.3) is 0 Å². The molecule has 1 heterocycles. The number of piperidine rings is 1. The highest BCUT2D eigenvalue weighted by Crippen LogP contribution is 2.29. The molecule has 1 amide bonds. The molecule has 0 radical (unpaired) electrons. The molecule has 1 saturated heterocycles. The van der Waals surface area contributed by atoms with Crippen LogP contribution in [-0.4, -0.2) is 50.2 Å². The summed E-state index contributed by atoms with van der Waals surface area (Å²) in [6.45, 7) is 4.86. The fourth-order valence-corrected chi connectivity index (χ4v) is 5.44. The summed E-state index contributed by atoms with van der Waals surface area (Å²) < 4.78 is 27.5. The number of anilines is 2. The Hall–Kier alpha value is -2.98. The lowest BCUT2D eigenvalue weighted by Gasteiger charge is -2.31. The van der Waals surface area contributed by atoms with Gasteiger partial charge >= 0.3 is 0 Å². The van der Waals surface area contributed by atoms with E-state index in [9.17, 15) is 23.3 Å². The van der Waals surface area contributed by atoms with Crippen molar-refractivity contribution < 1.29 is 18.1 Å². The second-order valence-corrected chi connectivity index (χ2v) is 9.85. The number of carbonyl (C=O) groups is 1. The van der Waals surface area contributed by atoms with E-state index >= 15 is 0 Å². The smallest absolute Gasteiger partial charge is 0.270 e. The number of hydrogen-bond donors (Lipinski definition) is 1. The van der Waals surface area contributed by atoms with Crippen LogP contribution in [0.5, 0.6) is 0 Å². The molecule has 0 aliphatic carbocycles. The Morgan fingerprint density at radius 1 is 1.22 bits per heavy atom. The lowest BCUT2D eigenvalue weighted by Crippen LogP contribution is -2.41. The Morgan fingerprint density at radius 2 is 1.91 bits per heavy atom. The van der Waals surface area contributed by atoms with E-state index in [0.717, 1.165) is 18.3 Å². The number of non-ortho nitro benzene ring substituents is 1. The number of rotatable bonds is 7. The van der Waals surface area contributed by atoms with E-state index in [0.29, 0.717) is 24.1 Å². The van der Waals surface area contributed by atoms with Crippen molar-refractivity contribution in [2.45, 2.75) is 31.6 Å². The summed E-state index contributed by atoms with van der Waals surface area (Å²) in [6, 6.07) is 11.4. The van der Waals surface area contributed by atoms with Gasteiger partial charge < -0.3 is 10.2 Å². The summed E-state index contributed by atoms with van der Waals surface area (Å²) >= 11 is 0. The lowest BCUT2D eigenvalue weighted by molar-refractivity contribution is -0.385. The normalized spacial score (nSPS) is 15.3. The molecule has 0 saturated carbocycles. The number of sulfonamides is 1. The minimum Gasteiger partial charge on any atom is -0.375 e. The van der Waals surface area contributed by atoms with Crippen LogP contribution >= 0.6 is 0 Å². The molecular formula is C22H28N4O5S. The van der Waals surface area contributed by atoms with Crippen LogP contribution in [0.2, 0.25) is 0 Å². The molecule has 32 heavy (non-hydrogen) atoms. The van der Waals surface area contributed by atoms with Gasteiger partial charge in [-0.05, 0) is 50.5 Å². The second kappa shape index (κ2) is 9.66. The molecule has 0 atom stereocenters. The third kappa shape index (κ3) is 5.08. The van der Waals surface area contributed by atoms with Gasteiger partial charge in [0, 0.05) is 56.1 Å². The zero-order valence-electron chi connectivity index (χ0n) is 18.4. The van der Waals surface area contributed by atoms with Crippen LogP contribution in [-0.2, 0) is 14.8 Å². The number of aryl methyl sites for hydroxylation is 1. The number of nitrogens with zero attached hydrogens (tertiary/aromatic N) is 3. The maximum Gasteiger partial charge on any atom is 0.270 e. The van der Waals surface area contributed by atoms with Crippen molar-refractivity contribution in [3.63, 3.8) is 0 Å². The highest BCUT2D eigenvalue weighted by atomic mass is 32.2. The predicted octanol–water partition coefficient (Wildman–Crippen LogP) is 3.40. The van der Waals surface area contributed by atoms with Crippen LogP contribution in [0.4, 0.5) is 17.1 Å². The van der Waals surface area contributed by atoms with Gasteiger partial charge in [0.15, 0.2) is 0 Å². The van der Waals surface area contributed by atoms with E-state index in [2.05, 4.69) is 10.2 Å². The Labute approximate surface area is 188 Å². The SMILES string of the molecule is CCN(C)c1cccc(NC(=O)C2CCN(S(=O)(=O)c3cc([N+](=O)[O-])ccc3C)CC2)c1. The quantitative estimate of drug-likeness (QED) is 0.501. The van der Waals surface area contributed by atoms with E-state index in [1.807, 2.05) is 38.2 Å². The van der Waals surface area contributed by atoms with Gasteiger partial charge in [-0.2, -0.15) is 4.31 Å². The van der Waals surface area contributed by atoms with Gasteiger partial charge in [-0.3, -0.25) is 14.9 Å². The van der Waals surface area contributed by atoms with Crippen molar-refractivity contribution >= 4 is 33.0 Å². The van der Waals surface area contributed by atoms with Crippen LogP contribution < -0.4 is 10.2 Å². The number of hydrogen-bond acceptors (Lipinski definition) is 6. The van der Waals surface area contributed by atoms with Crippen LogP contribution in [0.15, 0.2) is 47.4 Å². The summed E-state index contributed by atoms with van der Waals surface area (Å²) in [7, 11) is -1.91. The average molecular weight is 461 g/mol. The van der Waals surface area contributed by atoms with Gasteiger partial charge in [0.05, 0.1) is 9.82 Å². The number of benzene rings is 2. The van der Waals surface area contributed by atoms with Crippen LogP contribution in [0.3, 0.4) is 0 Å². The Kier molecular flexibility index (Phi) is 7.15. The maximum absolute atomic E-state index is 13.1. The van der Waals surface area contributed by atoms with Crippen molar-refractivity contribution in [2.75, 3.05) is 36.9 Å². The molecule has 10 heteroatoms. The first-order chi connectivity index (χ1) is 15.1. The maximum atomic E-state index is 13.1. The lowest BCUT2D eigenvalue weighted by atomic mass is 9.97. The number of nitrogens with one attached hydrogen (secondary N) is 1. The number of carbonyl (C=O) groups excluding carboxylic acids is 1. The molecule has 0 spiro atoms. The van der Waals surface area contributed by atoms with Gasteiger partial charge in [0.1, 0.15) is 0 Å². The third-order valence-corrected chi connectivity index (χ3v) is 7.89. The van der Waals surface area contributed by atoms with Gasteiger partial charge in [-0.25, -0.2) is 8.42 Å². The zero-order valence-corrected chi connectivity index (χ0v) is 19.3. The van der Waals surface area contributed by atoms with Crippen molar-refractivity contribution in [3.05, 3.63) is 58.1 Å². The van der Waals surface area contributed by atoms with Gasteiger partial charge in [-0.15, -0.1) is 0 Å². The third-order valence-electron chi connectivity index (χ3n) is 5.85. The van der Waals surface area contributed by atoms with Gasteiger partial charge in [0.2, 0.25) is 15.9 Å². The molecule has 0 bridgehead atoms. The largest absolute Gasteiger partial charge is 0.375 e. The molecule has 3 rings (SSSR count). The van der Waals surface area contributed by atoms with Gasteiger partial charge in [-0.1, -0.05) is 12.1 Å². The van der Waals surface area contributed by atoms with Crippen molar-refractivity contribution in [2.24, 2.45) is 5.92 Å². The molecule has 1 aliphatic heterocycles. The molecule has 1 aliphatic rings. The molecule has 2 aromatic rings. The van der Waals surface area contributed by atoms with E-state index in [1.54, 1.807) is 6.92 Å². The first-order valence-corrected chi connectivity index (χ1v) is 11.9. The molecule has 0 unspecified atom stereocenters. The fourth-order valence-electron chi connectivity index (χ4n) is 3.73. The monoisotopic (exact) mass is 460 g/mol. The molecule has 1 fully saturated rings. The highest BCUT2D eigenvalue weighted by molar-refractivity contribution is 7.89. The average Bonchev–Trinajstić information content (AvgIpc) is 2.78. The predicted molar refractivity (Wildman–Crippen MR) is 123 cm³/mol. The fraction of sp³-hybridized carbons (Fsp3) is 0.409. The van der Waals surface area contributed by atoms with E-state index < -0.39 is 14.9 Å². The number of nitro benzene ring substituents is 1. The summed E-state index contributed by atoms with van der Waals surface area (Å²) in [4.78, 5) is 25.2. The molecule has 172 valence electrons. The summed E-state index contributed by atoms with van der Waals surface area (Å²) in [6.07, 6.45) is 0.765. The van der Waals surface area contributed by atoms with E-state index in [1.165, 1.54) is 16.4 Å². The Balaban J connectivity index is 1.67.